The lowest BCUT2D eigenvalue weighted by Crippen LogP contribution is -2.32. The predicted octanol–water partition coefficient (Wildman–Crippen LogP) is 2.54. The van der Waals surface area contributed by atoms with Crippen molar-refractivity contribution in [2.45, 2.75) is 25.8 Å². The number of aliphatic hydroxyl groups is 1. The first-order valence-electron chi connectivity index (χ1n) is 10.0. The fourth-order valence-electron chi connectivity index (χ4n) is 3.76. The molecule has 3 aromatic rings. The molecule has 0 aliphatic carbocycles. The third kappa shape index (κ3) is 4.11. The SMILES string of the molecule is CC1NC(=O)CC1C(=O)Nc1cc(-c2cccc(CCO)c2)n(-c2ccccc2)n1. The Bertz CT molecular complexity index is 1060. The predicted molar refractivity (Wildman–Crippen MR) is 114 cm³/mol. The van der Waals surface area contributed by atoms with Crippen LogP contribution in [0.1, 0.15) is 18.9 Å². The van der Waals surface area contributed by atoms with Crippen molar-refractivity contribution in [3.63, 3.8) is 0 Å². The number of rotatable bonds is 6. The fraction of sp³-hybridized carbons (Fsp3) is 0.261. The van der Waals surface area contributed by atoms with Gasteiger partial charge in [0.05, 0.1) is 17.3 Å². The van der Waals surface area contributed by atoms with Gasteiger partial charge in [0.1, 0.15) is 0 Å². The Morgan fingerprint density at radius 2 is 2.00 bits per heavy atom. The van der Waals surface area contributed by atoms with Gasteiger partial charge in [-0.3, -0.25) is 9.59 Å². The lowest BCUT2D eigenvalue weighted by molar-refractivity contribution is -0.123. The Morgan fingerprint density at radius 1 is 1.20 bits per heavy atom. The Balaban J connectivity index is 1.69. The highest BCUT2D eigenvalue weighted by Crippen LogP contribution is 2.28. The van der Waals surface area contributed by atoms with Crippen molar-refractivity contribution in [2.24, 2.45) is 5.92 Å². The van der Waals surface area contributed by atoms with Crippen molar-refractivity contribution >= 4 is 17.6 Å². The number of hydrogen-bond acceptors (Lipinski definition) is 4. The van der Waals surface area contributed by atoms with Crippen molar-refractivity contribution in [3.8, 4) is 16.9 Å². The van der Waals surface area contributed by atoms with Gasteiger partial charge in [-0.15, -0.1) is 5.10 Å². The second kappa shape index (κ2) is 8.51. The van der Waals surface area contributed by atoms with E-state index in [0.29, 0.717) is 12.2 Å². The zero-order valence-electron chi connectivity index (χ0n) is 16.7. The molecule has 2 atom stereocenters. The van der Waals surface area contributed by atoms with E-state index in [0.717, 1.165) is 22.5 Å². The third-order valence-electron chi connectivity index (χ3n) is 5.32. The molecule has 2 heterocycles. The minimum absolute atomic E-state index is 0.0784. The Labute approximate surface area is 174 Å². The number of para-hydroxylation sites is 1. The van der Waals surface area contributed by atoms with E-state index in [1.807, 2.05) is 67.6 Å². The number of anilines is 1. The molecule has 1 fully saturated rings. The monoisotopic (exact) mass is 404 g/mol. The molecule has 1 saturated heterocycles. The second-order valence-corrected chi connectivity index (χ2v) is 7.49. The van der Waals surface area contributed by atoms with Crippen molar-refractivity contribution < 1.29 is 14.7 Å². The first-order chi connectivity index (χ1) is 14.5. The normalized spacial score (nSPS) is 18.3. The summed E-state index contributed by atoms with van der Waals surface area (Å²) in [5.41, 5.74) is 3.64. The molecule has 0 radical (unpaired) electrons. The van der Waals surface area contributed by atoms with E-state index in [4.69, 9.17) is 0 Å². The second-order valence-electron chi connectivity index (χ2n) is 7.49. The van der Waals surface area contributed by atoms with Gasteiger partial charge in [-0.1, -0.05) is 36.4 Å². The molecule has 0 bridgehead atoms. The number of nitrogens with zero attached hydrogens (tertiary/aromatic N) is 2. The summed E-state index contributed by atoms with van der Waals surface area (Å²) in [5.74, 6) is -0.327. The van der Waals surface area contributed by atoms with E-state index in [1.54, 1.807) is 4.68 Å². The van der Waals surface area contributed by atoms with Gasteiger partial charge in [0.15, 0.2) is 5.82 Å². The van der Waals surface area contributed by atoms with E-state index in [9.17, 15) is 14.7 Å². The molecule has 4 rings (SSSR count). The average Bonchev–Trinajstić information content (AvgIpc) is 3.32. The summed E-state index contributed by atoms with van der Waals surface area (Å²) >= 11 is 0. The maximum absolute atomic E-state index is 12.7. The zero-order valence-corrected chi connectivity index (χ0v) is 16.7. The molecule has 154 valence electrons. The van der Waals surface area contributed by atoms with Crippen molar-refractivity contribution in [1.29, 1.82) is 0 Å². The Morgan fingerprint density at radius 3 is 2.70 bits per heavy atom. The Kier molecular flexibility index (Phi) is 5.63. The van der Waals surface area contributed by atoms with E-state index < -0.39 is 5.92 Å². The molecular formula is C23H24N4O3. The van der Waals surface area contributed by atoms with Crippen LogP contribution in [0.25, 0.3) is 16.9 Å². The topological polar surface area (TPSA) is 96.3 Å². The molecule has 0 spiro atoms. The molecule has 2 amide bonds. The van der Waals surface area contributed by atoms with Gasteiger partial charge in [-0.25, -0.2) is 4.68 Å². The lowest BCUT2D eigenvalue weighted by atomic mass is 10.0. The molecular weight excluding hydrogens is 380 g/mol. The number of hydrogen-bond donors (Lipinski definition) is 3. The summed E-state index contributed by atoms with van der Waals surface area (Å²) in [6, 6.07) is 19.2. The van der Waals surface area contributed by atoms with Gasteiger partial charge in [-0.05, 0) is 37.1 Å². The molecule has 1 aliphatic rings. The van der Waals surface area contributed by atoms with Crippen LogP contribution in [0.15, 0.2) is 60.7 Å². The lowest BCUT2D eigenvalue weighted by Gasteiger charge is -2.12. The smallest absolute Gasteiger partial charge is 0.231 e. The summed E-state index contributed by atoms with van der Waals surface area (Å²) in [7, 11) is 0. The molecule has 2 unspecified atom stereocenters. The molecule has 1 aromatic heterocycles. The van der Waals surface area contributed by atoms with E-state index in [2.05, 4.69) is 15.7 Å². The maximum Gasteiger partial charge on any atom is 0.231 e. The largest absolute Gasteiger partial charge is 0.396 e. The summed E-state index contributed by atoms with van der Waals surface area (Å²) in [4.78, 5) is 24.3. The first kappa shape index (κ1) is 19.8. The Hall–Kier alpha value is -3.45. The number of nitrogens with one attached hydrogen (secondary N) is 2. The number of amides is 2. The van der Waals surface area contributed by atoms with Gasteiger partial charge < -0.3 is 15.7 Å². The van der Waals surface area contributed by atoms with Crippen LogP contribution in [0.3, 0.4) is 0 Å². The van der Waals surface area contributed by atoms with Gasteiger partial charge in [0.2, 0.25) is 11.8 Å². The molecule has 0 saturated carbocycles. The quantitative estimate of drug-likeness (QED) is 0.588. The fourth-order valence-corrected chi connectivity index (χ4v) is 3.76. The van der Waals surface area contributed by atoms with E-state index >= 15 is 0 Å². The third-order valence-corrected chi connectivity index (χ3v) is 5.32. The zero-order chi connectivity index (χ0) is 21.1. The van der Waals surface area contributed by atoms with Crippen LogP contribution >= 0.6 is 0 Å². The minimum Gasteiger partial charge on any atom is -0.396 e. The molecule has 3 N–H and O–H groups in total. The summed E-state index contributed by atoms with van der Waals surface area (Å²) in [6.45, 7) is 1.91. The number of carbonyl (C=O) groups excluding carboxylic acids is 2. The van der Waals surface area contributed by atoms with Crippen molar-refractivity contribution in [3.05, 3.63) is 66.2 Å². The molecule has 2 aromatic carbocycles. The number of aliphatic hydroxyl groups excluding tert-OH is 1. The highest BCUT2D eigenvalue weighted by atomic mass is 16.3. The van der Waals surface area contributed by atoms with Crippen LogP contribution in [0.5, 0.6) is 0 Å². The highest BCUT2D eigenvalue weighted by molar-refractivity contribution is 5.97. The van der Waals surface area contributed by atoms with Crippen LogP contribution in [-0.4, -0.2) is 39.4 Å². The van der Waals surface area contributed by atoms with E-state index in [-0.39, 0.29) is 30.9 Å². The van der Waals surface area contributed by atoms with Crippen LogP contribution < -0.4 is 10.6 Å². The van der Waals surface area contributed by atoms with Crippen LogP contribution in [0.2, 0.25) is 0 Å². The van der Waals surface area contributed by atoms with Crippen LogP contribution in [0.4, 0.5) is 5.82 Å². The first-order valence-corrected chi connectivity index (χ1v) is 10.0. The van der Waals surface area contributed by atoms with Gasteiger partial charge in [-0.2, -0.15) is 0 Å². The van der Waals surface area contributed by atoms with E-state index in [1.165, 1.54) is 0 Å². The number of benzene rings is 2. The summed E-state index contributed by atoms with van der Waals surface area (Å²) < 4.78 is 1.79. The van der Waals surface area contributed by atoms with Gasteiger partial charge in [0.25, 0.3) is 0 Å². The van der Waals surface area contributed by atoms with Crippen LogP contribution in [0, 0.1) is 5.92 Å². The number of aromatic nitrogens is 2. The molecule has 7 nitrogen and oxygen atoms in total. The standard InChI is InChI=1S/C23H24N4O3/c1-15-19(13-22(29)24-15)23(30)25-21-14-20(17-7-5-6-16(12-17)10-11-28)27(26-21)18-8-3-2-4-9-18/h2-9,12,14-15,19,28H,10-11,13H2,1H3,(H,24,29)(H,25,26,30). The van der Waals surface area contributed by atoms with Gasteiger partial charge in [0, 0.05) is 30.7 Å². The molecule has 30 heavy (non-hydrogen) atoms. The highest BCUT2D eigenvalue weighted by Gasteiger charge is 2.34. The number of carbonyl (C=O) groups is 2. The van der Waals surface area contributed by atoms with Crippen molar-refractivity contribution in [1.82, 2.24) is 15.1 Å². The average molecular weight is 404 g/mol. The maximum atomic E-state index is 12.7. The minimum atomic E-state index is -0.421. The summed E-state index contributed by atoms with van der Waals surface area (Å²) in [5, 5.41) is 19.5. The van der Waals surface area contributed by atoms with Crippen LogP contribution in [-0.2, 0) is 16.0 Å². The molecule has 7 heteroatoms. The summed E-state index contributed by atoms with van der Waals surface area (Å²) in [6.07, 6.45) is 0.750. The van der Waals surface area contributed by atoms with Crippen molar-refractivity contribution in [2.75, 3.05) is 11.9 Å². The van der Waals surface area contributed by atoms with Gasteiger partial charge >= 0.3 is 0 Å². The molecule has 1 aliphatic heterocycles.